The summed E-state index contributed by atoms with van der Waals surface area (Å²) in [5.41, 5.74) is 2.36. The van der Waals surface area contributed by atoms with E-state index in [-0.39, 0.29) is 12.0 Å². The predicted molar refractivity (Wildman–Crippen MR) is 72.8 cm³/mol. The Bertz CT molecular complexity index is 433. The Hall–Kier alpha value is -1.39. The Kier molecular flexibility index (Phi) is 4.93. The normalized spacial score (nSPS) is 21.9. The standard InChI is InChI=1S/C15H21NO3/c1-2-19-10-12-6-4-3-5-11(12)9-16-14-8-7-13(14)15(17)18/h3-6,13-14,16H,2,7-10H2,1H3,(H,17,18). The van der Waals surface area contributed by atoms with E-state index in [0.29, 0.717) is 19.8 Å². The summed E-state index contributed by atoms with van der Waals surface area (Å²) >= 11 is 0. The van der Waals surface area contributed by atoms with Crippen LogP contribution < -0.4 is 5.32 Å². The summed E-state index contributed by atoms with van der Waals surface area (Å²) in [5, 5.41) is 12.4. The van der Waals surface area contributed by atoms with Gasteiger partial charge >= 0.3 is 5.97 Å². The Balaban J connectivity index is 1.90. The first kappa shape index (κ1) is 14.0. The monoisotopic (exact) mass is 263 g/mol. The van der Waals surface area contributed by atoms with Gasteiger partial charge in [0.05, 0.1) is 12.5 Å². The van der Waals surface area contributed by atoms with Gasteiger partial charge in [-0.2, -0.15) is 0 Å². The van der Waals surface area contributed by atoms with Crippen molar-refractivity contribution in [1.29, 1.82) is 0 Å². The number of carboxylic acids is 1. The van der Waals surface area contributed by atoms with Crippen molar-refractivity contribution in [2.75, 3.05) is 6.61 Å². The Morgan fingerprint density at radius 2 is 2.11 bits per heavy atom. The van der Waals surface area contributed by atoms with E-state index in [1.165, 1.54) is 11.1 Å². The van der Waals surface area contributed by atoms with Crippen molar-refractivity contribution >= 4 is 5.97 Å². The lowest BCUT2D eigenvalue weighted by molar-refractivity contribution is -0.146. The highest BCUT2D eigenvalue weighted by atomic mass is 16.5. The van der Waals surface area contributed by atoms with Gasteiger partial charge in [0.25, 0.3) is 0 Å². The summed E-state index contributed by atoms with van der Waals surface area (Å²) in [7, 11) is 0. The molecule has 4 heteroatoms. The van der Waals surface area contributed by atoms with Crippen LogP contribution in [0.3, 0.4) is 0 Å². The van der Waals surface area contributed by atoms with Crippen molar-refractivity contribution in [3.8, 4) is 0 Å². The van der Waals surface area contributed by atoms with E-state index in [1.54, 1.807) is 0 Å². The van der Waals surface area contributed by atoms with E-state index in [0.717, 1.165) is 12.8 Å². The predicted octanol–water partition coefficient (Wildman–Crippen LogP) is 2.18. The van der Waals surface area contributed by atoms with Gasteiger partial charge in [-0.1, -0.05) is 24.3 Å². The molecule has 1 aromatic rings. The Morgan fingerprint density at radius 1 is 1.37 bits per heavy atom. The summed E-state index contributed by atoms with van der Waals surface area (Å²) in [4.78, 5) is 11.0. The summed E-state index contributed by atoms with van der Waals surface area (Å²) < 4.78 is 5.44. The van der Waals surface area contributed by atoms with Gasteiger partial charge in [-0.15, -0.1) is 0 Å². The molecule has 0 radical (unpaired) electrons. The van der Waals surface area contributed by atoms with Gasteiger partial charge in [-0.3, -0.25) is 4.79 Å². The van der Waals surface area contributed by atoms with Gasteiger partial charge in [0.15, 0.2) is 0 Å². The van der Waals surface area contributed by atoms with E-state index in [9.17, 15) is 4.79 Å². The molecule has 0 aromatic heterocycles. The van der Waals surface area contributed by atoms with E-state index in [2.05, 4.69) is 17.4 Å². The van der Waals surface area contributed by atoms with E-state index < -0.39 is 5.97 Å². The summed E-state index contributed by atoms with van der Waals surface area (Å²) in [6, 6.07) is 8.24. The number of hydrogen-bond acceptors (Lipinski definition) is 3. The molecule has 0 amide bonds. The average molecular weight is 263 g/mol. The molecule has 4 nitrogen and oxygen atoms in total. The average Bonchev–Trinajstić information content (AvgIpc) is 2.35. The molecule has 2 N–H and O–H groups in total. The number of aliphatic carboxylic acids is 1. The quantitative estimate of drug-likeness (QED) is 0.791. The molecule has 0 heterocycles. The van der Waals surface area contributed by atoms with Gasteiger partial charge in [0.1, 0.15) is 0 Å². The molecule has 2 atom stereocenters. The number of rotatable bonds is 7. The van der Waals surface area contributed by atoms with Gasteiger partial charge in [-0.25, -0.2) is 0 Å². The summed E-state index contributed by atoms with van der Waals surface area (Å²) in [5.74, 6) is -0.912. The minimum atomic E-state index is -0.689. The third kappa shape index (κ3) is 3.55. The fourth-order valence-corrected chi connectivity index (χ4v) is 2.36. The molecule has 0 saturated heterocycles. The van der Waals surface area contributed by atoms with Crippen LogP contribution in [0, 0.1) is 5.92 Å². The first-order chi connectivity index (χ1) is 9.22. The molecule has 0 aliphatic heterocycles. The second kappa shape index (κ2) is 6.68. The molecule has 1 aromatic carbocycles. The zero-order chi connectivity index (χ0) is 13.7. The van der Waals surface area contributed by atoms with Crippen molar-refractivity contribution in [3.05, 3.63) is 35.4 Å². The van der Waals surface area contributed by atoms with E-state index in [1.807, 2.05) is 19.1 Å². The van der Waals surface area contributed by atoms with Crippen LogP contribution in [-0.2, 0) is 22.7 Å². The molecule has 1 fully saturated rings. The minimum Gasteiger partial charge on any atom is -0.481 e. The smallest absolute Gasteiger partial charge is 0.308 e. The fraction of sp³-hybridized carbons (Fsp3) is 0.533. The number of ether oxygens (including phenoxy) is 1. The maximum absolute atomic E-state index is 11.0. The largest absolute Gasteiger partial charge is 0.481 e. The van der Waals surface area contributed by atoms with Crippen LogP contribution in [0.15, 0.2) is 24.3 Å². The molecule has 0 spiro atoms. The second-order valence-electron chi connectivity index (χ2n) is 4.92. The summed E-state index contributed by atoms with van der Waals surface area (Å²) in [6.45, 7) is 4.00. The molecule has 19 heavy (non-hydrogen) atoms. The van der Waals surface area contributed by atoms with Crippen molar-refractivity contribution in [2.45, 2.75) is 39.0 Å². The molecule has 104 valence electrons. The van der Waals surface area contributed by atoms with Crippen molar-refractivity contribution in [1.82, 2.24) is 5.32 Å². The van der Waals surface area contributed by atoms with Crippen LogP contribution in [0.25, 0.3) is 0 Å². The molecular weight excluding hydrogens is 242 g/mol. The zero-order valence-corrected chi connectivity index (χ0v) is 11.3. The van der Waals surface area contributed by atoms with Crippen LogP contribution >= 0.6 is 0 Å². The van der Waals surface area contributed by atoms with Gasteiger partial charge in [0, 0.05) is 19.2 Å². The summed E-state index contributed by atoms with van der Waals surface area (Å²) in [6.07, 6.45) is 1.73. The third-order valence-corrected chi connectivity index (χ3v) is 3.73. The lowest BCUT2D eigenvalue weighted by Gasteiger charge is -2.34. The molecule has 0 bridgehead atoms. The molecule has 1 aliphatic carbocycles. The molecule has 2 unspecified atom stereocenters. The van der Waals surface area contributed by atoms with Gasteiger partial charge in [-0.05, 0) is 30.9 Å². The van der Waals surface area contributed by atoms with Crippen LogP contribution in [-0.4, -0.2) is 23.7 Å². The molecule has 1 saturated carbocycles. The maximum atomic E-state index is 11.0. The highest BCUT2D eigenvalue weighted by Crippen LogP contribution is 2.28. The number of nitrogens with one attached hydrogen (secondary N) is 1. The van der Waals surface area contributed by atoms with Crippen LogP contribution in [0.1, 0.15) is 30.9 Å². The SMILES string of the molecule is CCOCc1ccccc1CNC1CCC1C(=O)O. The van der Waals surface area contributed by atoms with Gasteiger partial charge in [0.2, 0.25) is 0 Å². The number of carboxylic acid groups (broad SMARTS) is 1. The zero-order valence-electron chi connectivity index (χ0n) is 11.3. The molecular formula is C15H21NO3. The maximum Gasteiger partial charge on any atom is 0.308 e. The highest BCUT2D eigenvalue weighted by Gasteiger charge is 2.35. The molecule has 1 aliphatic rings. The van der Waals surface area contributed by atoms with Crippen molar-refractivity contribution in [2.24, 2.45) is 5.92 Å². The first-order valence-corrected chi connectivity index (χ1v) is 6.83. The van der Waals surface area contributed by atoms with Crippen LogP contribution in [0.2, 0.25) is 0 Å². The highest BCUT2D eigenvalue weighted by molar-refractivity contribution is 5.72. The topological polar surface area (TPSA) is 58.6 Å². The Labute approximate surface area is 113 Å². The third-order valence-electron chi connectivity index (χ3n) is 3.73. The first-order valence-electron chi connectivity index (χ1n) is 6.83. The van der Waals surface area contributed by atoms with Crippen molar-refractivity contribution in [3.63, 3.8) is 0 Å². The number of benzene rings is 1. The van der Waals surface area contributed by atoms with Crippen molar-refractivity contribution < 1.29 is 14.6 Å². The van der Waals surface area contributed by atoms with Crippen LogP contribution in [0.4, 0.5) is 0 Å². The fourth-order valence-electron chi connectivity index (χ4n) is 2.36. The Morgan fingerprint density at radius 3 is 2.68 bits per heavy atom. The lowest BCUT2D eigenvalue weighted by Crippen LogP contribution is -2.47. The number of hydrogen-bond donors (Lipinski definition) is 2. The minimum absolute atomic E-state index is 0.109. The van der Waals surface area contributed by atoms with E-state index in [4.69, 9.17) is 9.84 Å². The van der Waals surface area contributed by atoms with E-state index >= 15 is 0 Å². The number of carbonyl (C=O) groups is 1. The molecule has 2 rings (SSSR count). The lowest BCUT2D eigenvalue weighted by atomic mass is 9.79. The second-order valence-corrected chi connectivity index (χ2v) is 4.92. The van der Waals surface area contributed by atoms with Gasteiger partial charge < -0.3 is 15.2 Å². The van der Waals surface area contributed by atoms with Crippen LogP contribution in [0.5, 0.6) is 0 Å².